The Morgan fingerprint density at radius 2 is 1.13 bits per heavy atom. The predicted molar refractivity (Wildman–Crippen MR) is 160 cm³/mol. The van der Waals surface area contributed by atoms with Crippen molar-refractivity contribution in [1.29, 1.82) is 0 Å². The van der Waals surface area contributed by atoms with Gasteiger partial charge in [0.05, 0.1) is 16.6 Å². The second-order valence-electron chi connectivity index (χ2n) is 9.77. The zero-order chi connectivity index (χ0) is 25.8. The molecular formula is C35H22N4. The van der Waals surface area contributed by atoms with E-state index in [-0.39, 0.29) is 0 Å². The average molecular weight is 499 g/mol. The zero-order valence-electron chi connectivity index (χ0n) is 21.0. The summed E-state index contributed by atoms with van der Waals surface area (Å²) in [6, 6.07) is 42.5. The van der Waals surface area contributed by atoms with Gasteiger partial charge in [0.15, 0.2) is 0 Å². The van der Waals surface area contributed by atoms with Crippen LogP contribution in [-0.4, -0.2) is 19.5 Å². The molecule has 182 valence electrons. The third-order valence-electron chi connectivity index (χ3n) is 7.50. The van der Waals surface area contributed by atoms with E-state index in [9.17, 15) is 0 Å². The maximum Gasteiger partial charge on any atom is 0.146 e. The summed E-state index contributed by atoms with van der Waals surface area (Å²) >= 11 is 0. The molecule has 0 spiro atoms. The van der Waals surface area contributed by atoms with Crippen LogP contribution in [0.25, 0.3) is 71.8 Å². The van der Waals surface area contributed by atoms with Crippen molar-refractivity contribution in [3.8, 4) is 28.1 Å². The van der Waals surface area contributed by atoms with Gasteiger partial charge in [0, 0.05) is 33.9 Å². The molecule has 0 saturated heterocycles. The first-order valence-corrected chi connectivity index (χ1v) is 13.0. The van der Waals surface area contributed by atoms with E-state index in [1.54, 1.807) is 0 Å². The number of fused-ring (bicyclic) bond motifs is 6. The normalized spacial score (nSPS) is 11.6. The Labute approximate surface area is 224 Å². The largest absolute Gasteiger partial charge is 0.278 e. The first kappa shape index (κ1) is 21.7. The molecule has 0 aliphatic rings. The van der Waals surface area contributed by atoms with Crippen LogP contribution in [0.1, 0.15) is 0 Å². The van der Waals surface area contributed by atoms with Crippen molar-refractivity contribution in [1.82, 2.24) is 19.5 Å². The van der Waals surface area contributed by atoms with Gasteiger partial charge in [-0.05, 0) is 64.7 Å². The predicted octanol–water partition coefficient (Wildman–Crippen LogP) is 8.61. The molecule has 0 fully saturated rings. The summed E-state index contributed by atoms with van der Waals surface area (Å²) in [5.41, 5.74) is 8.57. The first-order valence-electron chi connectivity index (χ1n) is 13.0. The highest BCUT2D eigenvalue weighted by Gasteiger charge is 2.16. The van der Waals surface area contributed by atoms with Crippen molar-refractivity contribution >= 4 is 43.7 Å². The minimum Gasteiger partial charge on any atom is -0.278 e. The second-order valence-corrected chi connectivity index (χ2v) is 9.77. The smallest absolute Gasteiger partial charge is 0.146 e. The van der Waals surface area contributed by atoms with Gasteiger partial charge in [0.2, 0.25) is 0 Å². The van der Waals surface area contributed by atoms with Crippen molar-refractivity contribution < 1.29 is 0 Å². The van der Waals surface area contributed by atoms with Crippen LogP contribution in [0.5, 0.6) is 0 Å². The number of hydrogen-bond acceptors (Lipinski definition) is 3. The standard InChI is InChI=1S/C35H22N4/c1-2-6-23(7-3-1)24-10-12-25(13-11-24)28-16-18-31-30(22-28)29-9-5-21-37-35(29)39(31)32-19-17-27-15-14-26-8-4-20-36-33(26)34(27)38-32/h1-22H. The highest BCUT2D eigenvalue weighted by Crippen LogP contribution is 2.35. The summed E-state index contributed by atoms with van der Waals surface area (Å²) < 4.78 is 2.16. The minimum absolute atomic E-state index is 0.833. The molecule has 39 heavy (non-hydrogen) atoms. The highest BCUT2D eigenvalue weighted by molar-refractivity contribution is 6.09. The van der Waals surface area contributed by atoms with Gasteiger partial charge in [-0.25, -0.2) is 9.97 Å². The molecule has 8 aromatic rings. The van der Waals surface area contributed by atoms with Crippen molar-refractivity contribution in [3.05, 3.63) is 134 Å². The zero-order valence-corrected chi connectivity index (χ0v) is 21.0. The van der Waals surface area contributed by atoms with Gasteiger partial charge in [-0.15, -0.1) is 0 Å². The topological polar surface area (TPSA) is 43.6 Å². The van der Waals surface area contributed by atoms with Gasteiger partial charge < -0.3 is 0 Å². The number of hydrogen-bond donors (Lipinski definition) is 0. The van der Waals surface area contributed by atoms with E-state index in [2.05, 4.69) is 113 Å². The molecular weight excluding hydrogens is 476 g/mol. The lowest BCUT2D eigenvalue weighted by Crippen LogP contribution is -1.99. The third-order valence-corrected chi connectivity index (χ3v) is 7.50. The van der Waals surface area contributed by atoms with E-state index in [1.165, 1.54) is 22.3 Å². The number of pyridine rings is 3. The van der Waals surface area contributed by atoms with E-state index in [0.717, 1.165) is 49.6 Å². The van der Waals surface area contributed by atoms with Crippen LogP contribution >= 0.6 is 0 Å². The van der Waals surface area contributed by atoms with Gasteiger partial charge in [0.1, 0.15) is 11.5 Å². The third kappa shape index (κ3) is 3.50. The lowest BCUT2D eigenvalue weighted by Gasteiger charge is -2.09. The molecule has 0 bridgehead atoms. The fraction of sp³-hybridized carbons (Fsp3) is 0. The average Bonchev–Trinajstić information content (AvgIpc) is 3.35. The molecule has 0 amide bonds. The first-order chi connectivity index (χ1) is 19.3. The molecule has 4 aromatic carbocycles. The maximum absolute atomic E-state index is 5.13. The number of aromatic nitrogens is 4. The Kier molecular flexibility index (Phi) is 4.79. The Morgan fingerprint density at radius 3 is 1.97 bits per heavy atom. The molecule has 4 nitrogen and oxygen atoms in total. The van der Waals surface area contributed by atoms with Crippen LogP contribution in [0, 0.1) is 0 Å². The van der Waals surface area contributed by atoms with Gasteiger partial charge in [0.25, 0.3) is 0 Å². The fourth-order valence-electron chi connectivity index (χ4n) is 5.58. The molecule has 0 saturated carbocycles. The van der Waals surface area contributed by atoms with Gasteiger partial charge >= 0.3 is 0 Å². The lowest BCUT2D eigenvalue weighted by molar-refractivity contribution is 1.07. The van der Waals surface area contributed by atoms with Gasteiger partial charge in [-0.1, -0.05) is 78.9 Å². The highest BCUT2D eigenvalue weighted by atomic mass is 15.1. The summed E-state index contributed by atoms with van der Waals surface area (Å²) in [7, 11) is 0. The Morgan fingerprint density at radius 1 is 0.462 bits per heavy atom. The Hall–Kier alpha value is -5.35. The number of benzene rings is 4. The SMILES string of the molecule is c1ccc(-c2ccc(-c3ccc4c(c3)c3cccnc3n4-c3ccc4ccc5cccnc5c4n3)cc2)cc1. The second kappa shape index (κ2) is 8.61. The van der Waals surface area contributed by atoms with E-state index >= 15 is 0 Å². The number of rotatable bonds is 3. The van der Waals surface area contributed by atoms with Crippen LogP contribution < -0.4 is 0 Å². The molecule has 8 rings (SSSR count). The van der Waals surface area contributed by atoms with Crippen molar-refractivity contribution in [2.24, 2.45) is 0 Å². The Balaban J connectivity index is 1.30. The lowest BCUT2D eigenvalue weighted by atomic mass is 9.99. The fourth-order valence-corrected chi connectivity index (χ4v) is 5.58. The summed E-state index contributed by atoms with van der Waals surface area (Å²) in [6.45, 7) is 0. The summed E-state index contributed by atoms with van der Waals surface area (Å²) in [4.78, 5) is 14.6. The van der Waals surface area contributed by atoms with Crippen molar-refractivity contribution in [2.75, 3.05) is 0 Å². The van der Waals surface area contributed by atoms with Gasteiger partial charge in [-0.3, -0.25) is 9.55 Å². The van der Waals surface area contributed by atoms with E-state index in [1.807, 2.05) is 30.6 Å². The van der Waals surface area contributed by atoms with Crippen molar-refractivity contribution in [2.45, 2.75) is 0 Å². The Bertz CT molecular complexity index is 2160. The molecule has 0 aliphatic carbocycles. The molecule has 0 aliphatic heterocycles. The van der Waals surface area contributed by atoms with Crippen molar-refractivity contribution in [3.63, 3.8) is 0 Å². The summed E-state index contributed by atoms with van der Waals surface area (Å²) in [5.74, 6) is 0.833. The van der Waals surface area contributed by atoms with Crippen LogP contribution in [0.15, 0.2) is 134 Å². The molecule has 0 N–H and O–H groups in total. The van der Waals surface area contributed by atoms with Crippen LogP contribution in [0.2, 0.25) is 0 Å². The van der Waals surface area contributed by atoms with Crippen LogP contribution in [-0.2, 0) is 0 Å². The summed E-state index contributed by atoms with van der Waals surface area (Å²) in [5, 5.41) is 4.41. The molecule has 4 heterocycles. The monoisotopic (exact) mass is 498 g/mol. The number of nitrogens with zero attached hydrogens (tertiary/aromatic N) is 4. The van der Waals surface area contributed by atoms with Gasteiger partial charge in [-0.2, -0.15) is 0 Å². The van der Waals surface area contributed by atoms with Crippen LogP contribution in [0.3, 0.4) is 0 Å². The quantitative estimate of drug-likeness (QED) is 0.229. The molecule has 0 unspecified atom stereocenters. The van der Waals surface area contributed by atoms with Crippen LogP contribution in [0.4, 0.5) is 0 Å². The minimum atomic E-state index is 0.833. The van der Waals surface area contributed by atoms with E-state index in [4.69, 9.17) is 9.97 Å². The molecule has 4 heteroatoms. The summed E-state index contributed by atoms with van der Waals surface area (Å²) in [6.07, 6.45) is 3.67. The molecule has 0 radical (unpaired) electrons. The maximum atomic E-state index is 5.13. The van der Waals surface area contributed by atoms with E-state index < -0.39 is 0 Å². The molecule has 4 aromatic heterocycles. The van der Waals surface area contributed by atoms with E-state index in [0.29, 0.717) is 0 Å². The molecule has 0 atom stereocenters.